The number of anilines is 1. The molecule has 0 bridgehead atoms. The molecule has 0 spiro atoms. The molecule has 0 unspecified atom stereocenters. The van der Waals surface area contributed by atoms with Crippen LogP contribution in [-0.4, -0.2) is 19.5 Å². The zero-order valence-electron chi connectivity index (χ0n) is 16.3. The molecule has 2 N–H and O–H groups in total. The van der Waals surface area contributed by atoms with Crippen molar-refractivity contribution >= 4 is 73.5 Å². The molecule has 4 rings (SSSR count). The molecular weight excluding hydrogens is 489 g/mol. The van der Waals surface area contributed by atoms with E-state index in [1.807, 2.05) is 18.2 Å². The van der Waals surface area contributed by atoms with Crippen molar-refractivity contribution in [3.05, 3.63) is 93.3 Å². The van der Waals surface area contributed by atoms with Crippen LogP contribution in [0.25, 0.3) is 6.08 Å². The number of carbonyl (C=O) groups excluding carboxylic acids is 1. The number of nitrogens with zero attached hydrogens (tertiary/aromatic N) is 2. The SMILES string of the molecule is NS(=O)(=O)c1ccc(N=C2SC(=Cc3ccc(Cl)cc3Cl)C(=O)N2c2ccccc2)cc1. The predicted molar refractivity (Wildman–Crippen MR) is 131 cm³/mol. The first-order valence-electron chi connectivity index (χ1n) is 9.18. The summed E-state index contributed by atoms with van der Waals surface area (Å²) in [5, 5.41) is 6.49. The van der Waals surface area contributed by atoms with Gasteiger partial charge in [-0.25, -0.2) is 18.5 Å². The minimum atomic E-state index is -3.81. The summed E-state index contributed by atoms with van der Waals surface area (Å²) in [5.41, 5.74) is 1.77. The summed E-state index contributed by atoms with van der Waals surface area (Å²) in [6, 6.07) is 19.9. The van der Waals surface area contributed by atoms with E-state index < -0.39 is 10.0 Å². The molecule has 3 aromatic carbocycles. The second-order valence-electron chi connectivity index (χ2n) is 6.69. The molecule has 1 amide bonds. The topological polar surface area (TPSA) is 92.8 Å². The standard InChI is InChI=1S/C22H15Cl2N3O3S2/c23-15-7-6-14(19(24)13-15)12-20-21(28)27(17-4-2-1-3-5-17)22(31-20)26-16-8-10-18(11-9-16)32(25,29)30/h1-13H,(H2,25,29,30). The van der Waals surface area contributed by atoms with Gasteiger partial charge in [-0.1, -0.05) is 47.5 Å². The van der Waals surface area contributed by atoms with E-state index >= 15 is 0 Å². The van der Waals surface area contributed by atoms with E-state index in [0.717, 1.165) is 0 Å². The number of aliphatic imine (C=N–C) groups is 1. The van der Waals surface area contributed by atoms with Gasteiger partial charge < -0.3 is 0 Å². The van der Waals surface area contributed by atoms with Crippen molar-refractivity contribution in [1.82, 2.24) is 0 Å². The second-order valence-corrected chi connectivity index (χ2v) is 10.1. The molecule has 0 radical (unpaired) electrons. The molecule has 162 valence electrons. The Morgan fingerprint density at radius 1 is 0.969 bits per heavy atom. The molecule has 1 saturated heterocycles. The maximum Gasteiger partial charge on any atom is 0.271 e. The van der Waals surface area contributed by atoms with Crippen LogP contribution in [0, 0.1) is 0 Å². The van der Waals surface area contributed by atoms with Gasteiger partial charge in [0.05, 0.1) is 21.2 Å². The fraction of sp³-hybridized carbons (Fsp3) is 0. The number of sulfonamides is 1. The average molecular weight is 504 g/mol. The number of hydrogen-bond donors (Lipinski definition) is 1. The van der Waals surface area contributed by atoms with Gasteiger partial charge in [0.2, 0.25) is 10.0 Å². The minimum Gasteiger partial charge on any atom is -0.268 e. The van der Waals surface area contributed by atoms with Gasteiger partial charge in [-0.2, -0.15) is 0 Å². The highest BCUT2D eigenvalue weighted by atomic mass is 35.5. The van der Waals surface area contributed by atoms with Crippen LogP contribution in [-0.2, 0) is 14.8 Å². The number of amides is 1. The number of para-hydroxylation sites is 1. The van der Waals surface area contributed by atoms with E-state index in [1.165, 1.54) is 40.9 Å². The predicted octanol–water partition coefficient (Wildman–Crippen LogP) is 5.45. The normalized spacial score (nSPS) is 16.8. The van der Waals surface area contributed by atoms with Gasteiger partial charge in [0.25, 0.3) is 5.91 Å². The number of primary sulfonamides is 1. The molecule has 1 heterocycles. The number of nitrogens with two attached hydrogens (primary N) is 1. The van der Waals surface area contributed by atoms with E-state index in [4.69, 9.17) is 28.3 Å². The molecule has 1 fully saturated rings. The van der Waals surface area contributed by atoms with Gasteiger partial charge in [0, 0.05) is 10.0 Å². The molecule has 0 saturated carbocycles. The molecule has 0 atom stereocenters. The number of carbonyl (C=O) groups is 1. The molecule has 32 heavy (non-hydrogen) atoms. The minimum absolute atomic E-state index is 0.0190. The Hall–Kier alpha value is -2.62. The average Bonchev–Trinajstić information content (AvgIpc) is 3.05. The lowest BCUT2D eigenvalue weighted by molar-refractivity contribution is -0.113. The lowest BCUT2D eigenvalue weighted by atomic mass is 10.2. The number of amidine groups is 1. The second kappa shape index (κ2) is 9.09. The van der Waals surface area contributed by atoms with Crippen molar-refractivity contribution in [1.29, 1.82) is 0 Å². The lowest BCUT2D eigenvalue weighted by Crippen LogP contribution is -2.28. The van der Waals surface area contributed by atoms with Gasteiger partial charge >= 0.3 is 0 Å². The first-order valence-corrected chi connectivity index (χ1v) is 12.3. The Balaban J connectivity index is 1.76. The van der Waals surface area contributed by atoms with Gasteiger partial charge in [0.1, 0.15) is 0 Å². The Morgan fingerprint density at radius 3 is 2.28 bits per heavy atom. The Morgan fingerprint density at radius 2 is 1.66 bits per heavy atom. The quantitative estimate of drug-likeness (QED) is 0.479. The van der Waals surface area contributed by atoms with E-state index in [9.17, 15) is 13.2 Å². The third-order valence-corrected chi connectivity index (χ3v) is 6.92. The molecule has 1 aliphatic heterocycles. The molecule has 3 aromatic rings. The Bertz CT molecular complexity index is 1360. The number of thioether (sulfide) groups is 1. The van der Waals surface area contributed by atoms with Crippen LogP contribution >= 0.6 is 35.0 Å². The molecular formula is C22H15Cl2N3O3S2. The highest BCUT2D eigenvalue weighted by Gasteiger charge is 2.34. The van der Waals surface area contributed by atoms with Crippen molar-refractivity contribution in [2.45, 2.75) is 4.90 Å². The smallest absolute Gasteiger partial charge is 0.268 e. The maximum absolute atomic E-state index is 13.3. The van der Waals surface area contributed by atoms with Gasteiger partial charge in [-0.05, 0) is 71.9 Å². The first-order chi connectivity index (χ1) is 15.2. The van der Waals surface area contributed by atoms with E-state index in [-0.39, 0.29) is 10.8 Å². The summed E-state index contributed by atoms with van der Waals surface area (Å²) in [4.78, 5) is 19.7. The maximum atomic E-state index is 13.3. The Kier molecular flexibility index (Phi) is 6.41. The van der Waals surface area contributed by atoms with Crippen molar-refractivity contribution in [2.24, 2.45) is 10.1 Å². The summed E-state index contributed by atoms with van der Waals surface area (Å²) in [6.45, 7) is 0. The van der Waals surface area contributed by atoms with Crippen molar-refractivity contribution in [3.63, 3.8) is 0 Å². The number of benzene rings is 3. The molecule has 0 aromatic heterocycles. The van der Waals surface area contributed by atoms with Crippen molar-refractivity contribution in [2.75, 3.05) is 4.90 Å². The van der Waals surface area contributed by atoms with Gasteiger partial charge in [-0.15, -0.1) is 0 Å². The number of halogens is 2. The Labute approximate surface area is 199 Å². The van der Waals surface area contributed by atoms with Gasteiger partial charge in [-0.3, -0.25) is 9.69 Å². The number of hydrogen-bond acceptors (Lipinski definition) is 5. The highest BCUT2D eigenvalue weighted by Crippen LogP contribution is 2.38. The first kappa shape index (κ1) is 22.6. The molecule has 0 aliphatic carbocycles. The molecule has 10 heteroatoms. The van der Waals surface area contributed by atoms with Crippen LogP contribution < -0.4 is 10.0 Å². The summed E-state index contributed by atoms with van der Waals surface area (Å²) in [5.74, 6) is -0.257. The van der Waals surface area contributed by atoms with Crippen LogP contribution in [0.4, 0.5) is 11.4 Å². The molecule has 6 nitrogen and oxygen atoms in total. The lowest BCUT2D eigenvalue weighted by Gasteiger charge is -2.15. The van der Waals surface area contributed by atoms with Crippen LogP contribution in [0.3, 0.4) is 0 Å². The largest absolute Gasteiger partial charge is 0.271 e. The monoisotopic (exact) mass is 503 g/mol. The third-order valence-electron chi connectivity index (χ3n) is 4.46. The third kappa shape index (κ3) is 4.90. The van der Waals surface area contributed by atoms with Gasteiger partial charge in [0.15, 0.2) is 5.17 Å². The van der Waals surface area contributed by atoms with Crippen LogP contribution in [0.1, 0.15) is 5.56 Å². The summed E-state index contributed by atoms with van der Waals surface area (Å²) >= 11 is 13.4. The van der Waals surface area contributed by atoms with Crippen LogP contribution in [0.15, 0.2) is 87.6 Å². The summed E-state index contributed by atoms with van der Waals surface area (Å²) < 4.78 is 23.0. The highest BCUT2D eigenvalue weighted by molar-refractivity contribution is 8.19. The van der Waals surface area contributed by atoms with E-state index in [1.54, 1.807) is 36.4 Å². The van der Waals surface area contributed by atoms with Crippen LogP contribution in [0.2, 0.25) is 10.0 Å². The fourth-order valence-electron chi connectivity index (χ4n) is 2.93. The zero-order valence-corrected chi connectivity index (χ0v) is 19.4. The summed E-state index contributed by atoms with van der Waals surface area (Å²) in [6.07, 6.45) is 1.69. The molecule has 1 aliphatic rings. The van der Waals surface area contributed by atoms with Crippen molar-refractivity contribution in [3.8, 4) is 0 Å². The van der Waals surface area contributed by atoms with Crippen LogP contribution in [0.5, 0.6) is 0 Å². The van der Waals surface area contributed by atoms with Crippen molar-refractivity contribution < 1.29 is 13.2 Å². The summed E-state index contributed by atoms with van der Waals surface area (Å²) in [7, 11) is -3.81. The van der Waals surface area contributed by atoms with E-state index in [0.29, 0.717) is 37.1 Å². The number of rotatable bonds is 4. The van der Waals surface area contributed by atoms with E-state index in [2.05, 4.69) is 4.99 Å². The fourth-order valence-corrected chi connectivity index (χ4v) is 4.90. The zero-order chi connectivity index (χ0) is 22.9.